The maximum Gasteiger partial charge on any atom is 0.256 e. The fourth-order valence-electron chi connectivity index (χ4n) is 4.71. The van der Waals surface area contributed by atoms with Crippen LogP contribution in [0.1, 0.15) is 56.8 Å². The summed E-state index contributed by atoms with van der Waals surface area (Å²) < 4.78 is 0. The molecule has 7 heteroatoms. The molecule has 0 saturated carbocycles. The Morgan fingerprint density at radius 2 is 1.67 bits per heavy atom. The average Bonchev–Trinajstić information content (AvgIpc) is 3.34. The second kappa shape index (κ2) is 10.7. The summed E-state index contributed by atoms with van der Waals surface area (Å²) in [5.74, 6) is 0.152. The first-order valence-electron chi connectivity index (χ1n) is 12.5. The van der Waals surface area contributed by atoms with Crippen LogP contribution in [0.2, 0.25) is 0 Å². The predicted octanol–water partition coefficient (Wildman–Crippen LogP) is 3.67. The van der Waals surface area contributed by atoms with E-state index < -0.39 is 0 Å². The lowest BCUT2D eigenvalue weighted by Crippen LogP contribution is -2.43. The first kappa shape index (κ1) is 23.8. The number of anilines is 1. The van der Waals surface area contributed by atoms with Crippen molar-refractivity contribution in [3.05, 3.63) is 101 Å². The van der Waals surface area contributed by atoms with Gasteiger partial charge >= 0.3 is 0 Å². The number of amidine groups is 1. The van der Waals surface area contributed by atoms with Crippen LogP contribution >= 0.6 is 0 Å². The molecule has 3 aromatic carbocycles. The van der Waals surface area contributed by atoms with Crippen LogP contribution in [0.15, 0.2) is 77.8 Å². The molecule has 0 spiro atoms. The number of benzene rings is 3. The van der Waals surface area contributed by atoms with E-state index in [9.17, 15) is 9.59 Å². The Balaban J connectivity index is 1.26. The van der Waals surface area contributed by atoms with Gasteiger partial charge in [-0.3, -0.25) is 14.6 Å². The van der Waals surface area contributed by atoms with Gasteiger partial charge in [0.1, 0.15) is 5.84 Å². The number of nitrogens with one attached hydrogen (secondary N) is 3. The third-order valence-corrected chi connectivity index (χ3v) is 6.79. The van der Waals surface area contributed by atoms with Crippen LogP contribution in [-0.2, 0) is 6.54 Å². The fourth-order valence-corrected chi connectivity index (χ4v) is 4.71. The van der Waals surface area contributed by atoms with Gasteiger partial charge in [0.05, 0.1) is 12.6 Å². The van der Waals surface area contributed by atoms with Crippen LogP contribution in [-0.4, -0.2) is 43.8 Å². The maximum absolute atomic E-state index is 13.1. The van der Waals surface area contributed by atoms with E-state index >= 15 is 0 Å². The summed E-state index contributed by atoms with van der Waals surface area (Å²) >= 11 is 0. The zero-order valence-electron chi connectivity index (χ0n) is 20.5. The summed E-state index contributed by atoms with van der Waals surface area (Å²) in [6.07, 6.45) is 0.789. The molecule has 2 aliphatic rings. The van der Waals surface area contributed by atoms with Gasteiger partial charge < -0.3 is 20.9 Å². The zero-order chi connectivity index (χ0) is 24.9. The van der Waals surface area contributed by atoms with E-state index in [1.165, 1.54) is 0 Å². The monoisotopic (exact) mass is 481 g/mol. The number of hydrogen-bond acceptors (Lipinski definition) is 5. The predicted molar refractivity (Wildman–Crippen MR) is 143 cm³/mol. The highest BCUT2D eigenvalue weighted by Crippen LogP contribution is 2.22. The molecule has 3 N–H and O–H groups in total. The van der Waals surface area contributed by atoms with Crippen LogP contribution < -0.4 is 20.9 Å². The zero-order valence-corrected chi connectivity index (χ0v) is 20.5. The van der Waals surface area contributed by atoms with Crippen LogP contribution in [0.3, 0.4) is 0 Å². The Morgan fingerprint density at radius 3 is 2.39 bits per heavy atom. The van der Waals surface area contributed by atoms with Gasteiger partial charge in [-0.1, -0.05) is 43.3 Å². The molecule has 1 unspecified atom stereocenters. The molecule has 2 aliphatic heterocycles. The van der Waals surface area contributed by atoms with E-state index in [2.05, 4.69) is 32.8 Å². The first-order valence-corrected chi connectivity index (χ1v) is 12.5. The van der Waals surface area contributed by atoms with Gasteiger partial charge in [0.15, 0.2) is 0 Å². The minimum Gasteiger partial charge on any atom is -0.369 e. The van der Waals surface area contributed by atoms with Crippen molar-refractivity contribution in [2.24, 2.45) is 4.99 Å². The number of nitrogens with zero attached hydrogens (tertiary/aromatic N) is 2. The Kier molecular flexibility index (Phi) is 7.09. The van der Waals surface area contributed by atoms with Crippen molar-refractivity contribution in [2.75, 3.05) is 31.1 Å². The van der Waals surface area contributed by atoms with Crippen molar-refractivity contribution in [1.82, 2.24) is 16.0 Å². The van der Waals surface area contributed by atoms with E-state index in [1.54, 1.807) is 0 Å². The second-order valence-electron chi connectivity index (χ2n) is 9.12. The SMILES string of the molecule is CCC(NC(=O)c1ccc2c(c1)C(NC(=O)c1ccc(N3CCNCC3)cc1)=NC2)c1ccccc1. The van der Waals surface area contributed by atoms with E-state index in [4.69, 9.17) is 0 Å². The summed E-state index contributed by atoms with van der Waals surface area (Å²) in [6.45, 7) is 6.38. The normalized spacial score (nSPS) is 15.6. The van der Waals surface area contributed by atoms with Gasteiger partial charge in [-0.15, -0.1) is 0 Å². The molecule has 0 aromatic heterocycles. The number of hydrogen-bond donors (Lipinski definition) is 3. The molecule has 7 nitrogen and oxygen atoms in total. The van der Waals surface area contributed by atoms with Crippen LogP contribution in [0, 0.1) is 0 Å². The van der Waals surface area contributed by atoms with Gasteiger partial charge in [0.25, 0.3) is 11.8 Å². The van der Waals surface area contributed by atoms with Gasteiger partial charge in [0.2, 0.25) is 0 Å². The molecular formula is C29H31N5O2. The lowest BCUT2D eigenvalue weighted by atomic mass is 10.0. The molecule has 0 radical (unpaired) electrons. The molecule has 0 aliphatic carbocycles. The Morgan fingerprint density at radius 1 is 0.944 bits per heavy atom. The number of piperazine rings is 1. The molecule has 1 saturated heterocycles. The molecule has 184 valence electrons. The molecule has 2 heterocycles. The summed E-state index contributed by atoms with van der Waals surface area (Å²) in [7, 11) is 0. The fraction of sp³-hybridized carbons (Fsp3) is 0.276. The highest BCUT2D eigenvalue weighted by molar-refractivity contribution is 6.15. The maximum atomic E-state index is 13.1. The quantitative estimate of drug-likeness (QED) is 0.502. The van der Waals surface area contributed by atoms with Gasteiger partial charge in [-0.25, -0.2) is 0 Å². The Hall–Kier alpha value is -3.97. The molecule has 3 aromatic rings. The number of aliphatic imine (C=N–C) groups is 1. The Labute approximate surface area is 211 Å². The van der Waals surface area contributed by atoms with Gasteiger partial charge in [0, 0.05) is 48.6 Å². The van der Waals surface area contributed by atoms with Crippen LogP contribution in [0.5, 0.6) is 0 Å². The van der Waals surface area contributed by atoms with Crippen molar-refractivity contribution in [3.63, 3.8) is 0 Å². The van der Waals surface area contributed by atoms with Crippen molar-refractivity contribution in [1.29, 1.82) is 0 Å². The molecule has 1 fully saturated rings. The highest BCUT2D eigenvalue weighted by atomic mass is 16.2. The minimum absolute atomic E-state index is 0.0658. The largest absolute Gasteiger partial charge is 0.369 e. The molecule has 0 bridgehead atoms. The standard InChI is InChI=1S/C29H31N5O2/c1-2-26(20-6-4-3-5-7-20)32-29(36)22-8-9-23-19-31-27(25(23)18-22)33-28(35)21-10-12-24(13-11-21)34-16-14-30-15-17-34/h3-13,18,26,30H,2,14-17,19H2,1H3,(H,32,36)(H,31,33,35). The number of rotatable bonds is 6. The first-order chi connectivity index (χ1) is 17.6. The summed E-state index contributed by atoms with van der Waals surface area (Å²) in [5.41, 5.74) is 5.10. The van der Waals surface area contributed by atoms with Crippen LogP contribution in [0.4, 0.5) is 5.69 Å². The Bertz CT molecular complexity index is 1260. The van der Waals surface area contributed by atoms with Crippen molar-refractivity contribution < 1.29 is 9.59 Å². The highest BCUT2D eigenvalue weighted by Gasteiger charge is 2.22. The minimum atomic E-state index is -0.210. The smallest absolute Gasteiger partial charge is 0.256 e. The number of fused-ring (bicyclic) bond motifs is 1. The van der Waals surface area contributed by atoms with Gasteiger partial charge in [-0.05, 0) is 53.9 Å². The molecule has 2 amide bonds. The average molecular weight is 482 g/mol. The molecule has 1 atom stereocenters. The number of carbonyl (C=O) groups excluding carboxylic acids is 2. The lowest BCUT2D eigenvalue weighted by molar-refractivity contribution is 0.0934. The number of carbonyl (C=O) groups is 2. The second-order valence-corrected chi connectivity index (χ2v) is 9.12. The number of amides is 2. The molecule has 5 rings (SSSR count). The van der Waals surface area contributed by atoms with Crippen molar-refractivity contribution in [2.45, 2.75) is 25.9 Å². The van der Waals surface area contributed by atoms with E-state index in [0.29, 0.717) is 23.5 Å². The summed E-state index contributed by atoms with van der Waals surface area (Å²) in [5, 5.41) is 9.43. The van der Waals surface area contributed by atoms with E-state index in [1.807, 2.05) is 72.8 Å². The van der Waals surface area contributed by atoms with Crippen LogP contribution in [0.25, 0.3) is 0 Å². The third kappa shape index (κ3) is 5.16. The van der Waals surface area contributed by atoms with Crippen molar-refractivity contribution in [3.8, 4) is 0 Å². The van der Waals surface area contributed by atoms with Crippen molar-refractivity contribution >= 4 is 23.3 Å². The third-order valence-electron chi connectivity index (χ3n) is 6.79. The lowest BCUT2D eigenvalue weighted by Gasteiger charge is -2.29. The van der Waals surface area contributed by atoms with E-state index in [0.717, 1.165) is 55.0 Å². The molecule has 36 heavy (non-hydrogen) atoms. The van der Waals surface area contributed by atoms with Gasteiger partial charge in [-0.2, -0.15) is 0 Å². The summed E-state index contributed by atoms with van der Waals surface area (Å²) in [6, 6.07) is 23.1. The summed E-state index contributed by atoms with van der Waals surface area (Å²) in [4.78, 5) is 32.8. The molecular weight excluding hydrogens is 450 g/mol. The topological polar surface area (TPSA) is 85.8 Å². The van der Waals surface area contributed by atoms with E-state index in [-0.39, 0.29) is 17.9 Å².